The predicted molar refractivity (Wildman–Crippen MR) is 112 cm³/mol. The number of ether oxygens (including phenoxy) is 1. The van der Waals surface area contributed by atoms with Crippen LogP contribution in [0.1, 0.15) is 36.5 Å². The summed E-state index contributed by atoms with van der Waals surface area (Å²) < 4.78 is 7.75. The van der Waals surface area contributed by atoms with Crippen molar-refractivity contribution in [2.24, 2.45) is 0 Å². The van der Waals surface area contributed by atoms with Gasteiger partial charge in [-0.2, -0.15) is 0 Å². The number of hydrogen-bond donors (Lipinski definition) is 0. The maximum Gasteiger partial charge on any atom is 0.133 e. The van der Waals surface area contributed by atoms with Gasteiger partial charge in [-0.15, -0.1) is 0 Å². The van der Waals surface area contributed by atoms with E-state index in [9.17, 15) is 0 Å². The molecular weight excluding hydrogens is 498 g/mol. The molecule has 0 aromatic heterocycles. The van der Waals surface area contributed by atoms with E-state index in [-0.39, 0.29) is 0 Å². The van der Waals surface area contributed by atoms with Crippen molar-refractivity contribution in [1.82, 2.24) is 0 Å². The molecule has 1 nitrogen and oxygen atoms in total. The minimum atomic E-state index is 0.933. The highest BCUT2D eigenvalue weighted by molar-refractivity contribution is 14.1. The van der Waals surface area contributed by atoms with Gasteiger partial charge in [-0.25, -0.2) is 0 Å². The second-order valence-corrected chi connectivity index (χ2v) is 7.32. The first-order chi connectivity index (χ1) is 10.7. The Bertz CT molecular complexity index is 645. The van der Waals surface area contributed by atoms with Crippen molar-refractivity contribution in [3.63, 3.8) is 0 Å². The molecule has 2 aromatic carbocycles. The van der Waals surface area contributed by atoms with Crippen LogP contribution in [0, 0.1) is 7.14 Å². The molecule has 3 heteroatoms. The van der Waals surface area contributed by atoms with Crippen molar-refractivity contribution in [2.75, 3.05) is 7.11 Å². The van der Waals surface area contributed by atoms with Gasteiger partial charge in [0.2, 0.25) is 0 Å². The molecule has 0 aliphatic heterocycles. The van der Waals surface area contributed by atoms with Crippen molar-refractivity contribution in [2.45, 2.75) is 26.2 Å². The van der Waals surface area contributed by atoms with Gasteiger partial charge in [-0.1, -0.05) is 55.8 Å². The van der Waals surface area contributed by atoms with Crippen molar-refractivity contribution in [1.29, 1.82) is 0 Å². The zero-order valence-electron chi connectivity index (χ0n) is 12.9. The van der Waals surface area contributed by atoms with Gasteiger partial charge < -0.3 is 4.74 Å². The topological polar surface area (TPSA) is 9.23 Å². The molecule has 0 saturated carbocycles. The Hall–Kier alpha value is -0.560. The molecular formula is C19H20I2O. The number of rotatable bonds is 6. The zero-order chi connectivity index (χ0) is 15.9. The van der Waals surface area contributed by atoms with Gasteiger partial charge in [0.1, 0.15) is 5.75 Å². The quantitative estimate of drug-likeness (QED) is 0.317. The Balaban J connectivity index is 2.13. The lowest BCUT2D eigenvalue weighted by Gasteiger charge is -2.07. The van der Waals surface area contributed by atoms with E-state index < -0.39 is 0 Å². The van der Waals surface area contributed by atoms with Gasteiger partial charge in [0, 0.05) is 3.57 Å². The third-order valence-electron chi connectivity index (χ3n) is 3.55. The first-order valence-electron chi connectivity index (χ1n) is 7.44. The average Bonchev–Trinajstić information content (AvgIpc) is 2.55. The lowest BCUT2D eigenvalue weighted by molar-refractivity contribution is 0.411. The monoisotopic (exact) mass is 518 g/mol. The summed E-state index contributed by atoms with van der Waals surface area (Å²) in [4.78, 5) is 0. The predicted octanol–water partition coefficient (Wildman–Crippen LogP) is 6.42. The molecule has 0 radical (unpaired) electrons. The number of aryl methyl sites for hydroxylation is 1. The maximum atomic E-state index is 5.35. The lowest BCUT2D eigenvalue weighted by atomic mass is 10.1. The molecule has 0 amide bonds. The molecule has 0 N–H and O–H groups in total. The fraction of sp³-hybridized carbons (Fsp3) is 0.263. The second kappa shape index (κ2) is 8.91. The van der Waals surface area contributed by atoms with E-state index in [1.54, 1.807) is 7.11 Å². The third-order valence-corrected chi connectivity index (χ3v) is 6.82. The summed E-state index contributed by atoms with van der Waals surface area (Å²) in [5.41, 5.74) is 3.88. The second-order valence-electron chi connectivity index (χ2n) is 5.16. The molecule has 0 aliphatic carbocycles. The molecule has 0 saturated heterocycles. The Labute approximate surface area is 160 Å². The van der Waals surface area contributed by atoms with Gasteiger partial charge in [0.25, 0.3) is 0 Å². The summed E-state index contributed by atoms with van der Waals surface area (Å²) in [5.74, 6) is 0.933. The first kappa shape index (κ1) is 17.8. The number of benzene rings is 2. The van der Waals surface area contributed by atoms with Crippen molar-refractivity contribution < 1.29 is 4.74 Å². The van der Waals surface area contributed by atoms with E-state index in [4.69, 9.17) is 4.74 Å². The number of halogens is 2. The van der Waals surface area contributed by atoms with Crippen molar-refractivity contribution in [3.8, 4) is 5.75 Å². The highest BCUT2D eigenvalue weighted by Crippen LogP contribution is 2.29. The molecule has 2 rings (SSSR count). The van der Waals surface area contributed by atoms with Gasteiger partial charge in [-0.05, 0) is 80.8 Å². The van der Waals surface area contributed by atoms with Crippen LogP contribution >= 0.6 is 45.2 Å². The fourth-order valence-electron chi connectivity index (χ4n) is 2.20. The van der Waals surface area contributed by atoms with Crippen LogP contribution in [0.4, 0.5) is 0 Å². The van der Waals surface area contributed by atoms with Crippen LogP contribution in [0.15, 0.2) is 36.4 Å². The molecule has 116 valence electrons. The van der Waals surface area contributed by atoms with E-state index in [2.05, 4.69) is 94.6 Å². The zero-order valence-corrected chi connectivity index (χ0v) is 17.2. The van der Waals surface area contributed by atoms with Gasteiger partial charge in [-0.3, -0.25) is 0 Å². The number of unbranched alkanes of at least 4 members (excludes halogenated alkanes) is 1. The smallest absolute Gasteiger partial charge is 0.133 e. The van der Waals surface area contributed by atoms with Crippen LogP contribution in [0.3, 0.4) is 0 Å². The lowest BCUT2D eigenvalue weighted by Crippen LogP contribution is -1.92. The summed E-state index contributed by atoms with van der Waals surface area (Å²) in [6.45, 7) is 2.23. The van der Waals surface area contributed by atoms with Crippen LogP contribution < -0.4 is 4.74 Å². The van der Waals surface area contributed by atoms with Crippen LogP contribution in [-0.4, -0.2) is 7.11 Å². The minimum absolute atomic E-state index is 0.933. The van der Waals surface area contributed by atoms with E-state index in [0.717, 1.165) is 9.32 Å². The Kier molecular flexibility index (Phi) is 7.21. The highest BCUT2D eigenvalue weighted by Gasteiger charge is 2.07. The SMILES string of the molecule is CCCCc1ccc(C=Cc2ccc(OC)c(I)c2I)cc1. The highest BCUT2D eigenvalue weighted by atomic mass is 127. The van der Waals surface area contributed by atoms with Crippen LogP contribution in [-0.2, 0) is 6.42 Å². The largest absolute Gasteiger partial charge is 0.496 e. The number of hydrogen-bond acceptors (Lipinski definition) is 1. The maximum absolute atomic E-state index is 5.35. The fourth-order valence-corrected chi connectivity index (χ4v) is 3.53. The normalized spacial score (nSPS) is 11.1. The Morgan fingerprint density at radius 2 is 1.68 bits per heavy atom. The summed E-state index contributed by atoms with van der Waals surface area (Å²) in [6.07, 6.45) is 8.02. The van der Waals surface area contributed by atoms with Crippen molar-refractivity contribution in [3.05, 3.63) is 60.2 Å². The van der Waals surface area contributed by atoms with Crippen LogP contribution in [0.2, 0.25) is 0 Å². The molecule has 22 heavy (non-hydrogen) atoms. The summed E-state index contributed by atoms with van der Waals surface area (Å²) in [7, 11) is 1.71. The summed E-state index contributed by atoms with van der Waals surface area (Å²) in [6, 6.07) is 13.0. The van der Waals surface area contributed by atoms with Crippen LogP contribution in [0.25, 0.3) is 12.2 Å². The van der Waals surface area contributed by atoms with Gasteiger partial charge in [0.15, 0.2) is 0 Å². The van der Waals surface area contributed by atoms with E-state index in [1.807, 2.05) is 6.07 Å². The molecule has 2 aromatic rings. The van der Waals surface area contributed by atoms with Gasteiger partial charge >= 0.3 is 0 Å². The third kappa shape index (κ3) is 4.72. The molecule has 0 spiro atoms. The van der Waals surface area contributed by atoms with Gasteiger partial charge in [0.05, 0.1) is 10.7 Å². The van der Waals surface area contributed by atoms with E-state index in [1.165, 1.54) is 39.5 Å². The molecule has 0 unspecified atom stereocenters. The average molecular weight is 518 g/mol. The molecule has 0 aliphatic rings. The van der Waals surface area contributed by atoms with E-state index in [0.29, 0.717) is 0 Å². The standard InChI is InChI=1S/C19H20I2O/c1-3-4-5-14-6-8-15(9-7-14)10-11-16-12-13-17(22-2)19(21)18(16)20/h6-13H,3-5H2,1-2H3. The molecule has 0 heterocycles. The molecule has 0 fully saturated rings. The number of methoxy groups -OCH3 is 1. The molecule has 0 atom stereocenters. The minimum Gasteiger partial charge on any atom is -0.496 e. The summed E-state index contributed by atoms with van der Waals surface area (Å²) in [5, 5.41) is 0. The van der Waals surface area contributed by atoms with E-state index >= 15 is 0 Å². The van der Waals surface area contributed by atoms with Crippen LogP contribution in [0.5, 0.6) is 5.75 Å². The summed E-state index contributed by atoms with van der Waals surface area (Å²) >= 11 is 4.71. The molecule has 0 bridgehead atoms. The Morgan fingerprint density at radius 1 is 0.955 bits per heavy atom. The first-order valence-corrected chi connectivity index (χ1v) is 9.60. The van der Waals surface area contributed by atoms with Crippen molar-refractivity contribution >= 4 is 57.3 Å². The Morgan fingerprint density at radius 3 is 2.32 bits per heavy atom.